The number of hydrogen-bond acceptors (Lipinski definition) is 2. The number of carbonyl (C=O) groups excluding carboxylic acids is 1. The van der Waals surface area contributed by atoms with Gasteiger partial charge in [-0.15, -0.1) is 11.8 Å². The summed E-state index contributed by atoms with van der Waals surface area (Å²) in [6.45, 7) is 3.06. The summed E-state index contributed by atoms with van der Waals surface area (Å²) in [7, 11) is 0. The number of halogens is 1. The molecule has 1 aliphatic rings. The fourth-order valence-electron chi connectivity index (χ4n) is 2.00. The predicted octanol–water partition coefficient (Wildman–Crippen LogP) is 2.97. The van der Waals surface area contributed by atoms with Crippen molar-refractivity contribution in [2.45, 2.75) is 24.8 Å². The van der Waals surface area contributed by atoms with Crippen molar-refractivity contribution in [2.24, 2.45) is 0 Å². The maximum Gasteiger partial charge on any atom is 0.219 e. The smallest absolute Gasteiger partial charge is 0.219 e. The predicted molar refractivity (Wildman–Crippen MR) is 68.0 cm³/mol. The highest BCUT2D eigenvalue weighted by atomic mass is 35.5. The molecule has 0 saturated heterocycles. The summed E-state index contributed by atoms with van der Waals surface area (Å²) in [5.41, 5.74) is 2.40. The van der Waals surface area contributed by atoms with Crippen LogP contribution in [0.15, 0.2) is 17.0 Å². The van der Waals surface area contributed by atoms with Crippen molar-refractivity contribution < 1.29 is 4.79 Å². The Morgan fingerprint density at radius 1 is 1.50 bits per heavy atom. The second-order valence-corrected chi connectivity index (χ2v) is 5.14. The molecule has 2 rings (SSSR count). The number of nitrogens with zero attached hydrogens (tertiary/aromatic N) is 1. The van der Waals surface area contributed by atoms with E-state index in [4.69, 9.17) is 11.6 Å². The van der Waals surface area contributed by atoms with Crippen LogP contribution in [-0.4, -0.2) is 23.6 Å². The van der Waals surface area contributed by atoms with Crippen LogP contribution in [0.5, 0.6) is 0 Å². The number of rotatable bonds is 1. The molecular formula is C12H14ClNOS. The number of hydrogen-bond donors (Lipinski definition) is 0. The van der Waals surface area contributed by atoms with Crippen molar-refractivity contribution in [1.29, 1.82) is 0 Å². The third-order valence-electron chi connectivity index (χ3n) is 2.97. The Morgan fingerprint density at radius 3 is 2.88 bits per heavy atom. The van der Waals surface area contributed by atoms with Crippen molar-refractivity contribution in [3.05, 3.63) is 28.3 Å². The van der Waals surface area contributed by atoms with Crippen LogP contribution in [-0.2, 0) is 17.8 Å². The lowest BCUT2D eigenvalue weighted by molar-refractivity contribution is -0.129. The molecule has 0 spiro atoms. The van der Waals surface area contributed by atoms with E-state index in [0.29, 0.717) is 6.54 Å². The maximum absolute atomic E-state index is 11.4. The van der Waals surface area contributed by atoms with Gasteiger partial charge in [0.25, 0.3) is 0 Å². The normalized spacial score (nSPS) is 14.8. The monoisotopic (exact) mass is 255 g/mol. The van der Waals surface area contributed by atoms with Crippen molar-refractivity contribution >= 4 is 29.3 Å². The van der Waals surface area contributed by atoms with Gasteiger partial charge in [-0.2, -0.15) is 0 Å². The highest BCUT2D eigenvalue weighted by Crippen LogP contribution is 2.33. The van der Waals surface area contributed by atoms with Gasteiger partial charge in [0.1, 0.15) is 0 Å². The maximum atomic E-state index is 11.4. The molecule has 0 saturated carbocycles. The van der Waals surface area contributed by atoms with Crippen LogP contribution >= 0.6 is 23.4 Å². The van der Waals surface area contributed by atoms with E-state index >= 15 is 0 Å². The summed E-state index contributed by atoms with van der Waals surface area (Å²) in [5.74, 6) is 0.122. The van der Waals surface area contributed by atoms with Crippen LogP contribution in [0.4, 0.5) is 0 Å². The fraction of sp³-hybridized carbons (Fsp3) is 0.417. The summed E-state index contributed by atoms with van der Waals surface area (Å²) in [4.78, 5) is 14.3. The van der Waals surface area contributed by atoms with Crippen LogP contribution < -0.4 is 0 Å². The lowest BCUT2D eigenvalue weighted by Crippen LogP contribution is -2.34. The first kappa shape index (κ1) is 11.8. The molecule has 0 aliphatic carbocycles. The van der Waals surface area contributed by atoms with E-state index in [0.717, 1.165) is 28.4 Å². The molecule has 1 aromatic rings. The molecule has 0 unspecified atom stereocenters. The molecule has 86 valence electrons. The first-order valence-electron chi connectivity index (χ1n) is 5.23. The number of thioether (sulfide) groups is 1. The second-order valence-electron chi connectivity index (χ2n) is 3.91. The molecule has 1 aromatic carbocycles. The zero-order chi connectivity index (χ0) is 11.7. The standard InChI is InChI=1S/C12H14ClNOS/c1-8(15)14-6-5-9-3-4-11(16-2)12(13)10(9)7-14/h3-4H,5-7H2,1-2H3. The number of carbonyl (C=O) groups is 1. The van der Waals surface area contributed by atoms with E-state index in [1.807, 2.05) is 11.2 Å². The first-order valence-corrected chi connectivity index (χ1v) is 6.83. The van der Waals surface area contributed by atoms with E-state index in [1.54, 1.807) is 18.7 Å². The SMILES string of the molecule is CSc1ccc2c(c1Cl)CN(C(C)=O)CC2. The zero-order valence-corrected chi connectivity index (χ0v) is 11.0. The van der Waals surface area contributed by atoms with Gasteiger partial charge in [-0.3, -0.25) is 4.79 Å². The van der Waals surface area contributed by atoms with Crippen LogP contribution in [0.25, 0.3) is 0 Å². The Kier molecular flexibility index (Phi) is 3.45. The minimum absolute atomic E-state index is 0.122. The second kappa shape index (κ2) is 4.68. The van der Waals surface area contributed by atoms with Crippen molar-refractivity contribution in [3.8, 4) is 0 Å². The molecule has 1 amide bonds. The average molecular weight is 256 g/mol. The summed E-state index contributed by atoms with van der Waals surface area (Å²) < 4.78 is 0. The van der Waals surface area contributed by atoms with Crippen molar-refractivity contribution in [1.82, 2.24) is 4.90 Å². The van der Waals surface area contributed by atoms with Crippen LogP contribution in [0.3, 0.4) is 0 Å². The molecule has 0 N–H and O–H groups in total. The minimum atomic E-state index is 0.122. The topological polar surface area (TPSA) is 20.3 Å². The quantitative estimate of drug-likeness (QED) is 0.719. The summed E-state index contributed by atoms with van der Waals surface area (Å²) in [6.07, 6.45) is 2.92. The first-order chi connectivity index (χ1) is 7.63. The molecule has 4 heteroatoms. The van der Waals surface area contributed by atoms with E-state index < -0.39 is 0 Å². The summed E-state index contributed by atoms with van der Waals surface area (Å²) >= 11 is 7.98. The molecule has 0 fully saturated rings. The minimum Gasteiger partial charge on any atom is -0.338 e. The molecular weight excluding hydrogens is 242 g/mol. The summed E-state index contributed by atoms with van der Waals surface area (Å²) in [5, 5.41) is 0.816. The van der Waals surface area contributed by atoms with Gasteiger partial charge in [-0.05, 0) is 29.9 Å². The van der Waals surface area contributed by atoms with Crippen LogP contribution in [0.2, 0.25) is 5.02 Å². The van der Waals surface area contributed by atoms with Gasteiger partial charge in [-0.25, -0.2) is 0 Å². The zero-order valence-electron chi connectivity index (χ0n) is 9.42. The molecule has 0 radical (unpaired) electrons. The molecule has 2 nitrogen and oxygen atoms in total. The van der Waals surface area contributed by atoms with E-state index in [2.05, 4.69) is 12.1 Å². The molecule has 1 aliphatic heterocycles. The van der Waals surface area contributed by atoms with Gasteiger partial charge < -0.3 is 4.90 Å². The van der Waals surface area contributed by atoms with Crippen LogP contribution in [0, 0.1) is 0 Å². The highest BCUT2D eigenvalue weighted by Gasteiger charge is 2.21. The van der Waals surface area contributed by atoms with Gasteiger partial charge in [0.05, 0.1) is 5.02 Å². The van der Waals surface area contributed by atoms with Gasteiger partial charge in [0.15, 0.2) is 0 Å². The third kappa shape index (κ3) is 2.06. The van der Waals surface area contributed by atoms with Gasteiger partial charge in [0.2, 0.25) is 5.91 Å². The molecule has 16 heavy (non-hydrogen) atoms. The Hall–Kier alpha value is -0.670. The largest absolute Gasteiger partial charge is 0.338 e. The number of fused-ring (bicyclic) bond motifs is 1. The Labute approximate surface area is 105 Å². The van der Waals surface area contributed by atoms with Crippen LogP contribution in [0.1, 0.15) is 18.1 Å². The molecule has 0 atom stereocenters. The van der Waals surface area contributed by atoms with E-state index in [9.17, 15) is 4.79 Å². The van der Waals surface area contributed by atoms with Crippen molar-refractivity contribution in [3.63, 3.8) is 0 Å². The lowest BCUT2D eigenvalue weighted by Gasteiger charge is -2.29. The molecule has 0 aromatic heterocycles. The lowest BCUT2D eigenvalue weighted by atomic mass is 10.00. The van der Waals surface area contributed by atoms with Gasteiger partial charge >= 0.3 is 0 Å². The summed E-state index contributed by atoms with van der Waals surface area (Å²) in [6, 6.07) is 4.19. The third-order valence-corrected chi connectivity index (χ3v) is 4.29. The number of benzene rings is 1. The fourth-order valence-corrected chi connectivity index (χ4v) is 2.98. The highest BCUT2D eigenvalue weighted by molar-refractivity contribution is 7.98. The molecule has 1 heterocycles. The average Bonchev–Trinajstić information content (AvgIpc) is 2.29. The van der Waals surface area contributed by atoms with Gasteiger partial charge in [0, 0.05) is 24.9 Å². The van der Waals surface area contributed by atoms with Gasteiger partial charge in [-0.1, -0.05) is 17.7 Å². The Balaban J connectivity index is 2.38. The number of amides is 1. The van der Waals surface area contributed by atoms with E-state index in [-0.39, 0.29) is 5.91 Å². The Bertz CT molecular complexity index is 433. The Morgan fingerprint density at radius 2 is 2.25 bits per heavy atom. The molecule has 0 bridgehead atoms. The van der Waals surface area contributed by atoms with Crippen molar-refractivity contribution in [2.75, 3.05) is 12.8 Å². The van der Waals surface area contributed by atoms with E-state index in [1.165, 1.54) is 5.56 Å².